The summed E-state index contributed by atoms with van der Waals surface area (Å²) in [4.78, 5) is 19.0. The number of rotatable bonds is 4. The van der Waals surface area contributed by atoms with Crippen LogP contribution in [0.4, 0.5) is 0 Å². The number of piperidine rings is 1. The molecular weight excluding hydrogens is 264 g/mol. The fourth-order valence-electron chi connectivity index (χ4n) is 3.09. The maximum absolute atomic E-state index is 12.5. The van der Waals surface area contributed by atoms with E-state index in [2.05, 4.69) is 10.3 Å². The van der Waals surface area contributed by atoms with Crippen molar-refractivity contribution in [2.45, 2.75) is 19.3 Å². The Balaban J connectivity index is 1.65. The third-order valence-electron chi connectivity index (χ3n) is 4.11. The molecule has 0 radical (unpaired) electrons. The van der Waals surface area contributed by atoms with Crippen LogP contribution in [0.1, 0.15) is 18.5 Å². The Labute approximate surface area is 125 Å². The van der Waals surface area contributed by atoms with E-state index >= 15 is 0 Å². The van der Waals surface area contributed by atoms with Gasteiger partial charge in [0.05, 0.1) is 12.1 Å². The van der Waals surface area contributed by atoms with Gasteiger partial charge in [-0.2, -0.15) is 0 Å². The second kappa shape index (κ2) is 6.26. The van der Waals surface area contributed by atoms with E-state index in [9.17, 15) is 4.79 Å². The van der Waals surface area contributed by atoms with Gasteiger partial charge in [0.1, 0.15) is 5.65 Å². The van der Waals surface area contributed by atoms with Crippen molar-refractivity contribution in [2.24, 2.45) is 5.92 Å². The third-order valence-corrected chi connectivity index (χ3v) is 4.11. The average molecular weight is 286 g/mol. The zero-order valence-electron chi connectivity index (χ0n) is 12.5. The van der Waals surface area contributed by atoms with Crippen LogP contribution >= 0.6 is 0 Å². The Morgan fingerprint density at radius 3 is 3.19 bits per heavy atom. The van der Waals surface area contributed by atoms with E-state index in [4.69, 9.17) is 0 Å². The summed E-state index contributed by atoms with van der Waals surface area (Å²) in [5.74, 6) is 0.771. The second-order valence-electron chi connectivity index (χ2n) is 5.78. The van der Waals surface area contributed by atoms with E-state index in [1.165, 1.54) is 6.42 Å². The van der Waals surface area contributed by atoms with Crippen LogP contribution in [0.15, 0.2) is 30.6 Å². The van der Waals surface area contributed by atoms with Gasteiger partial charge in [0, 0.05) is 25.5 Å². The number of pyridine rings is 1. The summed E-state index contributed by atoms with van der Waals surface area (Å²) >= 11 is 0. The zero-order chi connectivity index (χ0) is 14.7. The second-order valence-corrected chi connectivity index (χ2v) is 5.78. The van der Waals surface area contributed by atoms with Crippen LogP contribution in [0.5, 0.6) is 0 Å². The third kappa shape index (κ3) is 3.24. The summed E-state index contributed by atoms with van der Waals surface area (Å²) in [6.45, 7) is 2.73. The molecule has 1 saturated heterocycles. The Hall–Kier alpha value is -1.88. The number of nitrogens with zero attached hydrogens (tertiary/aromatic N) is 3. The van der Waals surface area contributed by atoms with Gasteiger partial charge in [-0.1, -0.05) is 6.07 Å². The molecule has 3 rings (SSSR count). The van der Waals surface area contributed by atoms with Crippen molar-refractivity contribution in [1.29, 1.82) is 0 Å². The summed E-state index contributed by atoms with van der Waals surface area (Å²) in [5, 5.41) is 3.21. The van der Waals surface area contributed by atoms with E-state index in [0.717, 1.165) is 37.4 Å². The number of likely N-dealkylation sites (tertiary alicyclic amines) is 1. The minimum absolute atomic E-state index is 0.194. The van der Waals surface area contributed by atoms with Crippen LogP contribution in [-0.4, -0.2) is 46.9 Å². The Morgan fingerprint density at radius 2 is 2.38 bits per heavy atom. The van der Waals surface area contributed by atoms with Crippen LogP contribution in [-0.2, 0) is 11.2 Å². The first-order valence-electron chi connectivity index (χ1n) is 7.61. The first kappa shape index (κ1) is 14.1. The highest BCUT2D eigenvalue weighted by atomic mass is 16.2. The molecule has 1 fully saturated rings. The van der Waals surface area contributed by atoms with Crippen molar-refractivity contribution in [3.63, 3.8) is 0 Å². The number of hydrogen-bond donors (Lipinski definition) is 1. The highest BCUT2D eigenvalue weighted by molar-refractivity contribution is 5.78. The van der Waals surface area contributed by atoms with Crippen molar-refractivity contribution in [1.82, 2.24) is 19.6 Å². The summed E-state index contributed by atoms with van der Waals surface area (Å²) in [6, 6.07) is 5.88. The molecule has 2 aromatic heterocycles. The van der Waals surface area contributed by atoms with Crippen LogP contribution in [0, 0.1) is 5.92 Å². The fourth-order valence-corrected chi connectivity index (χ4v) is 3.09. The van der Waals surface area contributed by atoms with Crippen molar-refractivity contribution in [2.75, 3.05) is 26.7 Å². The van der Waals surface area contributed by atoms with Gasteiger partial charge in [0.2, 0.25) is 5.91 Å². The molecule has 0 bridgehead atoms. The predicted molar refractivity (Wildman–Crippen MR) is 82.1 cm³/mol. The summed E-state index contributed by atoms with van der Waals surface area (Å²) in [6.07, 6.45) is 6.61. The molecule has 0 saturated carbocycles. The molecule has 0 spiro atoms. The first-order valence-corrected chi connectivity index (χ1v) is 7.61. The lowest BCUT2D eigenvalue weighted by Crippen LogP contribution is -2.43. The maximum atomic E-state index is 12.5. The molecule has 1 amide bonds. The summed E-state index contributed by atoms with van der Waals surface area (Å²) < 4.78 is 1.96. The Morgan fingerprint density at radius 1 is 1.48 bits per heavy atom. The average Bonchev–Trinajstić information content (AvgIpc) is 2.90. The van der Waals surface area contributed by atoms with Crippen LogP contribution in [0.3, 0.4) is 0 Å². The molecular formula is C16H22N4O. The SMILES string of the molecule is CNCC1CCCN(C(=O)Cc2cn3ccccc3n2)C1. The van der Waals surface area contributed by atoms with Crippen molar-refractivity contribution < 1.29 is 4.79 Å². The van der Waals surface area contributed by atoms with Gasteiger partial charge >= 0.3 is 0 Å². The summed E-state index contributed by atoms with van der Waals surface area (Å²) in [5.41, 5.74) is 1.74. The van der Waals surface area contributed by atoms with Gasteiger partial charge in [-0.15, -0.1) is 0 Å². The highest BCUT2D eigenvalue weighted by Crippen LogP contribution is 2.17. The molecule has 5 heteroatoms. The van der Waals surface area contributed by atoms with Gasteiger partial charge in [0.15, 0.2) is 0 Å². The quantitative estimate of drug-likeness (QED) is 0.922. The molecule has 112 valence electrons. The maximum Gasteiger partial charge on any atom is 0.228 e. The van der Waals surface area contributed by atoms with Crippen LogP contribution in [0.2, 0.25) is 0 Å². The number of nitrogens with one attached hydrogen (secondary N) is 1. The lowest BCUT2D eigenvalue weighted by atomic mass is 9.97. The lowest BCUT2D eigenvalue weighted by molar-refractivity contribution is -0.132. The molecule has 0 aliphatic carbocycles. The van der Waals surface area contributed by atoms with Crippen molar-refractivity contribution in [3.05, 3.63) is 36.3 Å². The number of carbonyl (C=O) groups excluding carboxylic acids is 1. The van der Waals surface area contributed by atoms with Gasteiger partial charge in [0.25, 0.3) is 0 Å². The summed E-state index contributed by atoms with van der Waals surface area (Å²) in [7, 11) is 1.97. The standard InChI is InChI=1S/C16H22N4O/c1-17-10-13-5-4-8-20(11-13)16(21)9-14-12-19-7-3-2-6-15(19)18-14/h2-3,6-7,12-13,17H,4-5,8-11H2,1H3. The normalized spacial score (nSPS) is 19.1. The molecule has 1 aliphatic rings. The van der Waals surface area contributed by atoms with Gasteiger partial charge in [-0.3, -0.25) is 4.79 Å². The van der Waals surface area contributed by atoms with Gasteiger partial charge in [-0.25, -0.2) is 4.98 Å². The van der Waals surface area contributed by atoms with Gasteiger partial charge in [-0.05, 0) is 44.5 Å². The van der Waals surface area contributed by atoms with E-state index in [1.807, 2.05) is 46.9 Å². The molecule has 1 N–H and O–H groups in total. The monoisotopic (exact) mass is 286 g/mol. The Kier molecular flexibility index (Phi) is 4.20. The molecule has 3 heterocycles. The van der Waals surface area contributed by atoms with Crippen LogP contribution in [0.25, 0.3) is 5.65 Å². The molecule has 5 nitrogen and oxygen atoms in total. The number of carbonyl (C=O) groups is 1. The number of imidazole rings is 1. The number of aromatic nitrogens is 2. The Bertz CT molecular complexity index is 587. The van der Waals surface area contributed by atoms with Crippen molar-refractivity contribution in [3.8, 4) is 0 Å². The number of amides is 1. The molecule has 21 heavy (non-hydrogen) atoms. The smallest absolute Gasteiger partial charge is 0.228 e. The minimum atomic E-state index is 0.194. The lowest BCUT2D eigenvalue weighted by Gasteiger charge is -2.32. The zero-order valence-corrected chi connectivity index (χ0v) is 12.5. The van der Waals surface area contributed by atoms with Crippen molar-refractivity contribution >= 4 is 11.6 Å². The molecule has 1 atom stereocenters. The molecule has 1 aliphatic heterocycles. The van der Waals surface area contributed by atoms with Gasteiger partial charge < -0.3 is 14.6 Å². The molecule has 0 aromatic carbocycles. The largest absolute Gasteiger partial charge is 0.342 e. The van der Waals surface area contributed by atoms with E-state index in [0.29, 0.717) is 12.3 Å². The topological polar surface area (TPSA) is 49.6 Å². The highest BCUT2D eigenvalue weighted by Gasteiger charge is 2.23. The first-order chi connectivity index (χ1) is 10.3. The number of hydrogen-bond acceptors (Lipinski definition) is 3. The van der Waals surface area contributed by atoms with E-state index in [-0.39, 0.29) is 5.91 Å². The van der Waals surface area contributed by atoms with E-state index in [1.54, 1.807) is 0 Å². The predicted octanol–water partition coefficient (Wildman–Crippen LogP) is 1.33. The molecule has 1 unspecified atom stereocenters. The number of fused-ring (bicyclic) bond motifs is 1. The minimum Gasteiger partial charge on any atom is -0.342 e. The molecule has 2 aromatic rings. The van der Waals surface area contributed by atoms with Crippen LogP contribution < -0.4 is 5.32 Å². The fraction of sp³-hybridized carbons (Fsp3) is 0.500. The van der Waals surface area contributed by atoms with E-state index < -0.39 is 0 Å².